The molecule has 1 rings (SSSR count). The van der Waals surface area contributed by atoms with E-state index >= 15 is 0 Å². The minimum Gasteiger partial charge on any atom is -0.466 e. The first kappa shape index (κ1) is 18.2. The van der Waals surface area contributed by atoms with Gasteiger partial charge >= 0.3 is 5.97 Å². The molecule has 22 heavy (non-hydrogen) atoms. The molecule has 1 amide bonds. The first-order valence-corrected chi connectivity index (χ1v) is 7.69. The van der Waals surface area contributed by atoms with E-state index in [-0.39, 0.29) is 24.3 Å². The highest BCUT2D eigenvalue weighted by atomic mass is 16.5. The highest BCUT2D eigenvalue weighted by molar-refractivity contribution is 5.82. The molecule has 0 aliphatic heterocycles. The molecule has 0 saturated carbocycles. The van der Waals surface area contributed by atoms with E-state index in [2.05, 4.69) is 5.32 Å². The van der Waals surface area contributed by atoms with Gasteiger partial charge in [-0.15, -0.1) is 0 Å². The fourth-order valence-electron chi connectivity index (χ4n) is 2.04. The van der Waals surface area contributed by atoms with Crippen LogP contribution in [0.25, 0.3) is 0 Å². The quantitative estimate of drug-likeness (QED) is 0.713. The second-order valence-corrected chi connectivity index (χ2v) is 5.65. The summed E-state index contributed by atoms with van der Waals surface area (Å²) in [5.74, 6) is -0.900. The van der Waals surface area contributed by atoms with E-state index in [0.717, 1.165) is 5.56 Å². The second-order valence-electron chi connectivity index (χ2n) is 5.65. The van der Waals surface area contributed by atoms with E-state index < -0.39 is 12.0 Å². The maximum absolute atomic E-state index is 12.1. The van der Waals surface area contributed by atoms with Crippen LogP contribution in [0.15, 0.2) is 30.3 Å². The van der Waals surface area contributed by atoms with Crippen molar-refractivity contribution in [3.63, 3.8) is 0 Å². The summed E-state index contributed by atoms with van der Waals surface area (Å²) in [5, 5.41) is 2.76. The molecule has 5 heteroatoms. The van der Waals surface area contributed by atoms with Crippen LogP contribution in [0.3, 0.4) is 0 Å². The van der Waals surface area contributed by atoms with Crippen LogP contribution in [-0.4, -0.2) is 31.1 Å². The Morgan fingerprint density at radius 3 is 2.41 bits per heavy atom. The first-order chi connectivity index (χ1) is 10.5. The van der Waals surface area contributed by atoms with Crippen LogP contribution in [0.2, 0.25) is 0 Å². The van der Waals surface area contributed by atoms with Crippen LogP contribution in [-0.2, 0) is 20.7 Å². The number of carbonyl (C=O) groups is 2. The van der Waals surface area contributed by atoms with Crippen molar-refractivity contribution < 1.29 is 14.3 Å². The van der Waals surface area contributed by atoms with Gasteiger partial charge in [-0.2, -0.15) is 0 Å². The predicted molar refractivity (Wildman–Crippen MR) is 86.1 cm³/mol. The van der Waals surface area contributed by atoms with Crippen molar-refractivity contribution in [3.8, 4) is 0 Å². The van der Waals surface area contributed by atoms with Crippen molar-refractivity contribution in [1.29, 1.82) is 0 Å². The van der Waals surface area contributed by atoms with Gasteiger partial charge in [-0.05, 0) is 24.8 Å². The Morgan fingerprint density at radius 1 is 1.23 bits per heavy atom. The molecule has 5 nitrogen and oxygen atoms in total. The Kier molecular flexibility index (Phi) is 7.60. The number of ether oxygens (including phenoxy) is 1. The Labute approximate surface area is 132 Å². The first-order valence-electron chi connectivity index (χ1n) is 7.69. The molecule has 1 unspecified atom stereocenters. The number of esters is 1. The monoisotopic (exact) mass is 306 g/mol. The van der Waals surface area contributed by atoms with Gasteiger partial charge in [0.1, 0.15) is 0 Å². The van der Waals surface area contributed by atoms with Crippen molar-refractivity contribution in [2.24, 2.45) is 17.6 Å². The van der Waals surface area contributed by atoms with Gasteiger partial charge in [-0.3, -0.25) is 9.59 Å². The fraction of sp³-hybridized carbons (Fsp3) is 0.529. The molecule has 2 atom stereocenters. The van der Waals surface area contributed by atoms with Gasteiger partial charge < -0.3 is 15.8 Å². The molecule has 0 bridgehead atoms. The molecule has 122 valence electrons. The lowest BCUT2D eigenvalue weighted by Crippen LogP contribution is -2.46. The van der Waals surface area contributed by atoms with Gasteiger partial charge in [0.15, 0.2) is 0 Å². The lowest BCUT2D eigenvalue weighted by atomic mass is 9.98. The zero-order valence-corrected chi connectivity index (χ0v) is 13.5. The maximum Gasteiger partial charge on any atom is 0.311 e. The van der Waals surface area contributed by atoms with E-state index in [1.54, 1.807) is 6.92 Å². The molecular weight excluding hydrogens is 280 g/mol. The predicted octanol–water partition coefficient (Wildman–Crippen LogP) is 1.51. The summed E-state index contributed by atoms with van der Waals surface area (Å²) in [6.45, 7) is 6.09. The lowest BCUT2D eigenvalue weighted by molar-refractivity contribution is -0.147. The summed E-state index contributed by atoms with van der Waals surface area (Å²) < 4.78 is 5.09. The maximum atomic E-state index is 12.1. The van der Waals surface area contributed by atoms with Crippen molar-refractivity contribution in [3.05, 3.63) is 35.9 Å². The number of hydrogen-bond donors (Lipinski definition) is 2. The van der Waals surface area contributed by atoms with Crippen LogP contribution < -0.4 is 11.1 Å². The van der Waals surface area contributed by atoms with E-state index in [0.29, 0.717) is 13.0 Å². The number of carbonyl (C=O) groups excluding carboxylic acids is 2. The zero-order valence-electron chi connectivity index (χ0n) is 13.5. The van der Waals surface area contributed by atoms with Crippen LogP contribution in [0.5, 0.6) is 0 Å². The van der Waals surface area contributed by atoms with Crippen LogP contribution >= 0.6 is 0 Å². The molecule has 1 aromatic rings. The minimum atomic E-state index is -0.570. The molecule has 0 aliphatic carbocycles. The molecule has 3 N–H and O–H groups in total. The van der Waals surface area contributed by atoms with Gasteiger partial charge in [0.05, 0.1) is 18.6 Å². The molecule has 0 aromatic heterocycles. The summed E-state index contributed by atoms with van der Waals surface area (Å²) in [6.07, 6.45) is 0.525. The van der Waals surface area contributed by atoms with Crippen molar-refractivity contribution in [2.45, 2.75) is 33.2 Å². The Balaban J connectivity index is 2.66. The topological polar surface area (TPSA) is 81.4 Å². The van der Waals surface area contributed by atoms with Crippen molar-refractivity contribution in [2.75, 3.05) is 13.2 Å². The standard InChI is InChI=1S/C17H26N2O3/c1-4-22-17(21)14(10-13-8-6-5-7-9-13)11-19-16(20)15(18)12(2)3/h5-9,12,14-15H,4,10-11,18H2,1-3H3,(H,19,20)/t14?,15-/m0/s1. The third-order valence-electron chi connectivity index (χ3n) is 3.49. The fourth-order valence-corrected chi connectivity index (χ4v) is 2.04. The summed E-state index contributed by atoms with van der Waals surface area (Å²) in [7, 11) is 0. The van der Waals surface area contributed by atoms with E-state index in [1.807, 2.05) is 44.2 Å². The summed E-state index contributed by atoms with van der Waals surface area (Å²) in [5.41, 5.74) is 6.84. The van der Waals surface area contributed by atoms with Gasteiger partial charge in [0, 0.05) is 6.54 Å². The number of hydrogen-bond acceptors (Lipinski definition) is 4. The Hall–Kier alpha value is -1.88. The summed E-state index contributed by atoms with van der Waals surface area (Å²) in [6, 6.07) is 9.10. The van der Waals surface area contributed by atoms with E-state index in [1.165, 1.54) is 0 Å². The van der Waals surface area contributed by atoms with E-state index in [9.17, 15) is 9.59 Å². The van der Waals surface area contributed by atoms with E-state index in [4.69, 9.17) is 10.5 Å². The number of amides is 1. The van der Waals surface area contributed by atoms with Crippen LogP contribution in [0, 0.1) is 11.8 Å². The average Bonchev–Trinajstić information content (AvgIpc) is 2.51. The third kappa shape index (κ3) is 5.85. The molecule has 0 saturated heterocycles. The van der Waals surface area contributed by atoms with Gasteiger partial charge in [0.2, 0.25) is 5.91 Å². The second kappa shape index (κ2) is 9.20. The summed E-state index contributed by atoms with van der Waals surface area (Å²) >= 11 is 0. The summed E-state index contributed by atoms with van der Waals surface area (Å²) in [4.78, 5) is 24.0. The van der Waals surface area contributed by atoms with Crippen LogP contribution in [0.4, 0.5) is 0 Å². The SMILES string of the molecule is CCOC(=O)C(CNC(=O)[C@@H](N)C(C)C)Cc1ccccc1. The number of benzene rings is 1. The Morgan fingerprint density at radius 2 is 1.86 bits per heavy atom. The van der Waals surface area contributed by atoms with Crippen molar-refractivity contribution in [1.82, 2.24) is 5.32 Å². The molecule has 0 radical (unpaired) electrons. The van der Waals surface area contributed by atoms with Gasteiger partial charge in [-0.1, -0.05) is 44.2 Å². The number of rotatable bonds is 8. The van der Waals surface area contributed by atoms with Gasteiger partial charge in [0.25, 0.3) is 0 Å². The molecule has 0 fully saturated rings. The minimum absolute atomic E-state index is 0.0511. The highest BCUT2D eigenvalue weighted by Crippen LogP contribution is 2.10. The average molecular weight is 306 g/mol. The van der Waals surface area contributed by atoms with Crippen molar-refractivity contribution >= 4 is 11.9 Å². The lowest BCUT2D eigenvalue weighted by Gasteiger charge is -2.19. The third-order valence-corrected chi connectivity index (χ3v) is 3.49. The van der Waals surface area contributed by atoms with Gasteiger partial charge in [-0.25, -0.2) is 0 Å². The largest absolute Gasteiger partial charge is 0.466 e. The Bertz CT molecular complexity index is 474. The molecule has 1 aromatic carbocycles. The smallest absolute Gasteiger partial charge is 0.311 e. The zero-order chi connectivity index (χ0) is 16.5. The number of nitrogens with one attached hydrogen (secondary N) is 1. The number of nitrogens with two attached hydrogens (primary N) is 1. The molecule has 0 aliphatic rings. The molecule has 0 spiro atoms. The normalized spacial score (nSPS) is 13.5. The highest BCUT2D eigenvalue weighted by Gasteiger charge is 2.23. The molecule has 0 heterocycles. The van der Waals surface area contributed by atoms with Crippen LogP contribution in [0.1, 0.15) is 26.3 Å². The molecular formula is C17H26N2O3.